The summed E-state index contributed by atoms with van der Waals surface area (Å²) >= 11 is 0. The van der Waals surface area contributed by atoms with Crippen molar-refractivity contribution in [1.29, 1.82) is 0 Å². The molecule has 19 heavy (non-hydrogen) atoms. The molecule has 3 nitrogen and oxygen atoms in total. The maximum absolute atomic E-state index is 5.50. The summed E-state index contributed by atoms with van der Waals surface area (Å²) in [5.74, 6) is 0.981. The van der Waals surface area contributed by atoms with Crippen molar-refractivity contribution in [3.8, 4) is 0 Å². The largest absolute Gasteiger partial charge is 0.469 e. The molecule has 0 spiro atoms. The van der Waals surface area contributed by atoms with Gasteiger partial charge in [-0.15, -0.1) is 0 Å². The summed E-state index contributed by atoms with van der Waals surface area (Å²) in [6.45, 7) is 10.7. The van der Waals surface area contributed by atoms with E-state index < -0.39 is 0 Å². The Hall–Kier alpha value is -1.64. The Balaban J connectivity index is 2.16. The molecule has 0 aliphatic carbocycles. The van der Waals surface area contributed by atoms with Crippen LogP contribution in [0.3, 0.4) is 0 Å². The predicted molar refractivity (Wildman–Crippen MR) is 76.2 cm³/mol. The van der Waals surface area contributed by atoms with E-state index >= 15 is 0 Å². The third-order valence-corrected chi connectivity index (χ3v) is 3.29. The summed E-state index contributed by atoms with van der Waals surface area (Å²) in [6, 6.07) is 3.93. The molecule has 2 rings (SSSR count). The number of hydrogen-bond acceptors (Lipinski definition) is 3. The van der Waals surface area contributed by atoms with Crippen molar-refractivity contribution in [1.82, 2.24) is 9.97 Å². The van der Waals surface area contributed by atoms with E-state index in [1.165, 1.54) is 0 Å². The van der Waals surface area contributed by atoms with E-state index in [0.29, 0.717) is 0 Å². The van der Waals surface area contributed by atoms with Gasteiger partial charge in [-0.1, -0.05) is 34.6 Å². The van der Waals surface area contributed by atoms with E-state index in [9.17, 15) is 0 Å². The molecule has 0 fully saturated rings. The Morgan fingerprint density at radius 2 is 1.79 bits per heavy atom. The Morgan fingerprint density at radius 3 is 2.26 bits per heavy atom. The first-order valence-electron chi connectivity index (χ1n) is 6.64. The van der Waals surface area contributed by atoms with Crippen LogP contribution in [-0.2, 0) is 17.3 Å². The van der Waals surface area contributed by atoms with Gasteiger partial charge in [-0.3, -0.25) is 9.97 Å². The molecule has 0 saturated carbocycles. The summed E-state index contributed by atoms with van der Waals surface area (Å²) in [5.41, 5.74) is 1.99. The molecule has 0 aliphatic heterocycles. The smallest absolute Gasteiger partial charge is 0.109 e. The van der Waals surface area contributed by atoms with Crippen LogP contribution in [0.2, 0.25) is 0 Å². The summed E-state index contributed by atoms with van der Waals surface area (Å²) in [6.07, 6.45) is 6.29. The Morgan fingerprint density at radius 1 is 1.05 bits per heavy atom. The first-order chi connectivity index (χ1) is 8.79. The zero-order chi connectivity index (χ0) is 14.1. The van der Waals surface area contributed by atoms with Gasteiger partial charge in [0.1, 0.15) is 5.76 Å². The highest BCUT2D eigenvalue weighted by Crippen LogP contribution is 2.27. The topological polar surface area (TPSA) is 38.9 Å². The van der Waals surface area contributed by atoms with Crippen molar-refractivity contribution in [2.45, 2.75) is 51.9 Å². The maximum atomic E-state index is 5.50. The molecule has 0 N–H and O–H groups in total. The minimum atomic E-state index is -0.0680. The lowest BCUT2D eigenvalue weighted by atomic mass is 9.85. The first kappa shape index (κ1) is 13.8. The molecule has 2 heterocycles. The fourth-order valence-corrected chi connectivity index (χ4v) is 2.04. The van der Waals surface area contributed by atoms with E-state index in [-0.39, 0.29) is 10.8 Å². The molecule has 0 saturated heterocycles. The number of hydrogen-bond donors (Lipinski definition) is 0. The lowest BCUT2D eigenvalue weighted by Gasteiger charge is -2.22. The summed E-state index contributed by atoms with van der Waals surface area (Å²) in [4.78, 5) is 9.06. The molecule has 2 aromatic heterocycles. The molecule has 0 bridgehead atoms. The summed E-state index contributed by atoms with van der Waals surface area (Å²) < 4.78 is 5.50. The molecule has 0 radical (unpaired) electrons. The normalized spacial score (nSPS) is 12.7. The van der Waals surface area contributed by atoms with Crippen molar-refractivity contribution in [2.24, 2.45) is 0 Å². The van der Waals surface area contributed by atoms with Crippen LogP contribution in [-0.4, -0.2) is 9.97 Å². The van der Waals surface area contributed by atoms with Gasteiger partial charge in [-0.2, -0.15) is 0 Å². The van der Waals surface area contributed by atoms with Gasteiger partial charge >= 0.3 is 0 Å². The second kappa shape index (κ2) is 4.80. The maximum Gasteiger partial charge on any atom is 0.109 e. The lowest BCUT2D eigenvalue weighted by Crippen LogP contribution is -2.21. The van der Waals surface area contributed by atoms with E-state index in [2.05, 4.69) is 44.6 Å². The molecule has 0 aliphatic rings. The van der Waals surface area contributed by atoms with Crippen LogP contribution in [0.5, 0.6) is 0 Å². The third kappa shape index (κ3) is 3.22. The molecular formula is C16H22N2O. The Labute approximate surface area is 115 Å². The highest BCUT2D eigenvalue weighted by molar-refractivity contribution is 5.17. The average molecular weight is 258 g/mol. The van der Waals surface area contributed by atoms with Crippen molar-refractivity contribution in [3.05, 3.63) is 47.9 Å². The van der Waals surface area contributed by atoms with Crippen LogP contribution in [0.15, 0.2) is 35.2 Å². The quantitative estimate of drug-likeness (QED) is 0.838. The fraction of sp³-hybridized carbons (Fsp3) is 0.500. The number of aromatic nitrogens is 2. The first-order valence-corrected chi connectivity index (χ1v) is 6.64. The minimum absolute atomic E-state index is 0.0437. The van der Waals surface area contributed by atoms with Crippen molar-refractivity contribution in [2.75, 3.05) is 0 Å². The van der Waals surface area contributed by atoms with Gasteiger partial charge in [0.05, 0.1) is 17.7 Å². The SMILES string of the molecule is CC(C)(C)c1cnc(CC(C)(C)c2ccco2)cn1. The number of furan rings is 1. The molecule has 102 valence electrons. The zero-order valence-electron chi connectivity index (χ0n) is 12.4. The van der Waals surface area contributed by atoms with E-state index in [4.69, 9.17) is 4.42 Å². The molecule has 0 aromatic carbocycles. The van der Waals surface area contributed by atoms with Crippen LogP contribution in [0.4, 0.5) is 0 Å². The second-order valence-corrected chi connectivity index (χ2v) is 6.68. The van der Waals surface area contributed by atoms with Gasteiger partial charge in [0.15, 0.2) is 0 Å². The number of rotatable bonds is 3. The number of nitrogens with zero attached hydrogens (tertiary/aromatic N) is 2. The molecule has 2 aromatic rings. The zero-order valence-corrected chi connectivity index (χ0v) is 12.4. The van der Waals surface area contributed by atoms with Crippen molar-refractivity contribution < 1.29 is 4.42 Å². The van der Waals surface area contributed by atoms with Crippen LogP contribution < -0.4 is 0 Å². The highest BCUT2D eigenvalue weighted by atomic mass is 16.3. The fourth-order valence-electron chi connectivity index (χ4n) is 2.04. The van der Waals surface area contributed by atoms with Gasteiger partial charge in [0.25, 0.3) is 0 Å². The second-order valence-electron chi connectivity index (χ2n) is 6.68. The standard InChI is InChI=1S/C16H22N2O/c1-15(2,3)13-11-17-12(10-18-13)9-16(4,5)14-7-6-8-19-14/h6-8,10-11H,9H2,1-5H3. The van der Waals surface area contributed by atoms with Crippen LogP contribution >= 0.6 is 0 Å². The molecular weight excluding hydrogens is 236 g/mol. The van der Waals surface area contributed by atoms with Gasteiger partial charge in [0, 0.05) is 29.6 Å². The molecule has 0 unspecified atom stereocenters. The van der Waals surface area contributed by atoms with E-state index in [1.807, 2.05) is 24.5 Å². The molecule has 3 heteroatoms. The molecule has 0 amide bonds. The Bertz CT molecular complexity index is 519. The lowest BCUT2D eigenvalue weighted by molar-refractivity contribution is 0.379. The van der Waals surface area contributed by atoms with Crippen LogP contribution in [0.25, 0.3) is 0 Å². The van der Waals surface area contributed by atoms with Gasteiger partial charge in [-0.05, 0) is 12.1 Å². The summed E-state index contributed by atoms with van der Waals surface area (Å²) in [7, 11) is 0. The predicted octanol–water partition coefficient (Wildman–Crippen LogP) is 3.89. The van der Waals surface area contributed by atoms with Crippen LogP contribution in [0.1, 0.15) is 51.8 Å². The van der Waals surface area contributed by atoms with Crippen molar-refractivity contribution in [3.63, 3.8) is 0 Å². The van der Waals surface area contributed by atoms with Crippen LogP contribution in [0, 0.1) is 0 Å². The highest BCUT2D eigenvalue weighted by Gasteiger charge is 2.25. The Kier molecular flexibility index (Phi) is 3.48. The van der Waals surface area contributed by atoms with E-state index in [0.717, 1.165) is 23.6 Å². The third-order valence-electron chi connectivity index (χ3n) is 3.29. The average Bonchev–Trinajstić information content (AvgIpc) is 2.82. The van der Waals surface area contributed by atoms with Gasteiger partial charge in [-0.25, -0.2) is 0 Å². The van der Waals surface area contributed by atoms with Gasteiger partial charge < -0.3 is 4.42 Å². The molecule has 0 atom stereocenters. The minimum Gasteiger partial charge on any atom is -0.469 e. The monoisotopic (exact) mass is 258 g/mol. The van der Waals surface area contributed by atoms with Crippen molar-refractivity contribution >= 4 is 0 Å². The summed E-state index contributed by atoms with van der Waals surface area (Å²) in [5, 5.41) is 0. The van der Waals surface area contributed by atoms with E-state index in [1.54, 1.807) is 6.26 Å². The van der Waals surface area contributed by atoms with Gasteiger partial charge in [0.2, 0.25) is 0 Å².